The molecule has 0 aliphatic rings. The molecule has 1 aromatic rings. The standard InChI is InChI=1S/C12H12O5/c1-7(13)9(12(15)16)5-8-3-4-11(17-2)10(14)6-8/h3-6,14H,1-2H3,(H,15,16)/b9-5+. The normalized spacial score (nSPS) is 11.1. The maximum Gasteiger partial charge on any atom is 0.339 e. The fourth-order valence-electron chi connectivity index (χ4n) is 1.28. The number of ether oxygens (including phenoxy) is 1. The third-order valence-electron chi connectivity index (χ3n) is 2.12. The zero-order valence-corrected chi connectivity index (χ0v) is 9.43. The second-order valence-corrected chi connectivity index (χ2v) is 3.35. The molecule has 0 bridgehead atoms. The van der Waals surface area contributed by atoms with Crippen molar-refractivity contribution in [1.82, 2.24) is 0 Å². The number of carbonyl (C=O) groups is 2. The lowest BCUT2D eigenvalue weighted by molar-refractivity contribution is -0.134. The number of phenolic OH excluding ortho intramolecular Hbond substituents is 1. The Hall–Kier alpha value is -2.30. The summed E-state index contributed by atoms with van der Waals surface area (Å²) < 4.78 is 4.85. The first kappa shape index (κ1) is 12.8. The molecule has 0 fully saturated rings. The van der Waals surface area contributed by atoms with Gasteiger partial charge in [0.2, 0.25) is 0 Å². The van der Waals surface area contributed by atoms with E-state index in [0.29, 0.717) is 5.56 Å². The number of rotatable bonds is 4. The molecule has 17 heavy (non-hydrogen) atoms. The average molecular weight is 236 g/mol. The number of Topliss-reactive ketones (excluding diaryl/α,β-unsaturated/α-hetero) is 1. The van der Waals surface area contributed by atoms with Crippen LogP contribution >= 0.6 is 0 Å². The Morgan fingerprint density at radius 2 is 2.00 bits per heavy atom. The zero-order valence-electron chi connectivity index (χ0n) is 9.43. The molecular formula is C12H12O5. The van der Waals surface area contributed by atoms with E-state index < -0.39 is 11.8 Å². The van der Waals surface area contributed by atoms with Gasteiger partial charge in [-0.2, -0.15) is 0 Å². The molecule has 0 amide bonds. The van der Waals surface area contributed by atoms with Gasteiger partial charge in [0.05, 0.1) is 7.11 Å². The fraction of sp³-hybridized carbons (Fsp3) is 0.167. The highest BCUT2D eigenvalue weighted by Gasteiger charge is 2.13. The number of hydrogen-bond acceptors (Lipinski definition) is 4. The van der Waals surface area contributed by atoms with Crippen LogP contribution in [0.15, 0.2) is 23.8 Å². The lowest BCUT2D eigenvalue weighted by atomic mass is 10.1. The number of carboxylic acids is 1. The van der Waals surface area contributed by atoms with Crippen LogP contribution in [-0.4, -0.2) is 29.1 Å². The first-order chi connectivity index (χ1) is 7.95. The Morgan fingerprint density at radius 1 is 1.35 bits per heavy atom. The van der Waals surface area contributed by atoms with E-state index in [9.17, 15) is 14.7 Å². The molecule has 0 radical (unpaired) electrons. The molecule has 1 aromatic carbocycles. The minimum absolute atomic E-state index is 0.116. The fourth-order valence-corrected chi connectivity index (χ4v) is 1.28. The zero-order chi connectivity index (χ0) is 13.0. The second-order valence-electron chi connectivity index (χ2n) is 3.35. The van der Waals surface area contributed by atoms with Crippen LogP contribution in [0.25, 0.3) is 6.08 Å². The molecule has 0 aromatic heterocycles. The number of ketones is 1. The Labute approximate surface area is 98.0 Å². The maximum atomic E-state index is 11.1. The minimum atomic E-state index is -1.30. The van der Waals surface area contributed by atoms with E-state index in [1.165, 1.54) is 32.2 Å². The van der Waals surface area contributed by atoms with Gasteiger partial charge in [0.1, 0.15) is 5.57 Å². The first-order valence-electron chi connectivity index (χ1n) is 4.78. The number of hydrogen-bond donors (Lipinski definition) is 2. The van der Waals surface area contributed by atoms with Crippen molar-refractivity contribution in [2.45, 2.75) is 6.92 Å². The van der Waals surface area contributed by atoms with Crippen LogP contribution in [0.3, 0.4) is 0 Å². The van der Waals surface area contributed by atoms with Gasteiger partial charge in [-0.3, -0.25) is 4.79 Å². The predicted molar refractivity (Wildman–Crippen MR) is 61.0 cm³/mol. The summed E-state index contributed by atoms with van der Waals surface area (Å²) in [5.41, 5.74) is 0.0745. The van der Waals surface area contributed by atoms with Crippen molar-refractivity contribution in [1.29, 1.82) is 0 Å². The van der Waals surface area contributed by atoms with E-state index in [0.717, 1.165) is 0 Å². The van der Waals surface area contributed by atoms with Gasteiger partial charge in [-0.25, -0.2) is 4.79 Å². The summed E-state index contributed by atoms with van der Waals surface area (Å²) in [5, 5.41) is 18.3. The lowest BCUT2D eigenvalue weighted by Gasteiger charge is -2.04. The highest BCUT2D eigenvalue weighted by Crippen LogP contribution is 2.27. The van der Waals surface area contributed by atoms with Gasteiger partial charge in [-0.15, -0.1) is 0 Å². The molecule has 0 saturated carbocycles. The van der Waals surface area contributed by atoms with Gasteiger partial charge < -0.3 is 14.9 Å². The van der Waals surface area contributed by atoms with Crippen LogP contribution in [-0.2, 0) is 9.59 Å². The lowest BCUT2D eigenvalue weighted by Crippen LogP contribution is -2.08. The van der Waals surface area contributed by atoms with Crippen molar-refractivity contribution in [2.75, 3.05) is 7.11 Å². The van der Waals surface area contributed by atoms with Crippen LogP contribution in [0.4, 0.5) is 0 Å². The SMILES string of the molecule is COc1ccc(/C=C(\C(C)=O)C(=O)O)cc1O. The van der Waals surface area contributed by atoms with Crippen LogP contribution in [0.5, 0.6) is 11.5 Å². The van der Waals surface area contributed by atoms with Gasteiger partial charge in [0.15, 0.2) is 17.3 Å². The quantitative estimate of drug-likeness (QED) is 0.469. The molecule has 0 spiro atoms. The predicted octanol–water partition coefficient (Wildman–Crippen LogP) is 1.46. The van der Waals surface area contributed by atoms with Gasteiger partial charge in [0.25, 0.3) is 0 Å². The number of carboxylic acid groups (broad SMARTS) is 1. The third kappa shape index (κ3) is 3.07. The van der Waals surface area contributed by atoms with E-state index in [-0.39, 0.29) is 17.1 Å². The molecule has 0 unspecified atom stereocenters. The number of aromatic hydroxyl groups is 1. The van der Waals surface area contributed by atoms with Crippen LogP contribution in [0.2, 0.25) is 0 Å². The van der Waals surface area contributed by atoms with Crippen molar-refractivity contribution in [3.63, 3.8) is 0 Å². The van der Waals surface area contributed by atoms with E-state index in [1.54, 1.807) is 6.07 Å². The largest absolute Gasteiger partial charge is 0.504 e. The summed E-state index contributed by atoms with van der Waals surface area (Å²) in [5.74, 6) is -1.68. The van der Waals surface area contributed by atoms with Gasteiger partial charge >= 0.3 is 5.97 Å². The van der Waals surface area contributed by atoms with Gasteiger partial charge in [0, 0.05) is 0 Å². The Balaban J connectivity index is 3.17. The summed E-state index contributed by atoms with van der Waals surface area (Å²) in [6.45, 7) is 1.17. The van der Waals surface area contributed by atoms with Crippen molar-refractivity contribution in [3.8, 4) is 11.5 Å². The van der Waals surface area contributed by atoms with Crippen molar-refractivity contribution in [3.05, 3.63) is 29.3 Å². The molecular weight excluding hydrogens is 224 g/mol. The number of aliphatic carboxylic acids is 1. The first-order valence-corrected chi connectivity index (χ1v) is 4.78. The van der Waals surface area contributed by atoms with Crippen molar-refractivity contribution in [2.24, 2.45) is 0 Å². The average Bonchev–Trinajstić information content (AvgIpc) is 2.25. The highest BCUT2D eigenvalue weighted by molar-refractivity contribution is 6.19. The summed E-state index contributed by atoms with van der Waals surface area (Å²) >= 11 is 0. The van der Waals surface area contributed by atoms with Crippen LogP contribution in [0, 0.1) is 0 Å². The summed E-state index contributed by atoms with van der Waals surface area (Å²) in [6.07, 6.45) is 1.20. The molecule has 1 rings (SSSR count). The molecule has 5 heteroatoms. The molecule has 5 nitrogen and oxygen atoms in total. The Kier molecular flexibility index (Phi) is 3.87. The summed E-state index contributed by atoms with van der Waals surface area (Å²) in [4.78, 5) is 21.8. The molecule has 0 aliphatic heterocycles. The van der Waals surface area contributed by atoms with Crippen molar-refractivity contribution < 1.29 is 24.5 Å². The summed E-state index contributed by atoms with van der Waals surface area (Å²) in [6, 6.07) is 4.36. The van der Waals surface area contributed by atoms with Gasteiger partial charge in [-0.1, -0.05) is 6.07 Å². The number of methoxy groups -OCH3 is 1. The summed E-state index contributed by atoms with van der Waals surface area (Å²) in [7, 11) is 1.41. The molecule has 0 atom stereocenters. The Bertz CT molecular complexity index is 472. The smallest absolute Gasteiger partial charge is 0.339 e. The molecule has 0 aliphatic carbocycles. The monoisotopic (exact) mass is 236 g/mol. The third-order valence-corrected chi connectivity index (χ3v) is 2.12. The number of carbonyl (C=O) groups excluding carboxylic acids is 1. The topological polar surface area (TPSA) is 83.8 Å². The van der Waals surface area contributed by atoms with E-state index >= 15 is 0 Å². The van der Waals surface area contributed by atoms with Crippen LogP contribution in [0.1, 0.15) is 12.5 Å². The number of benzene rings is 1. The maximum absolute atomic E-state index is 11.1. The molecule has 0 heterocycles. The van der Waals surface area contributed by atoms with E-state index in [4.69, 9.17) is 9.84 Å². The second kappa shape index (κ2) is 5.16. The minimum Gasteiger partial charge on any atom is -0.504 e. The van der Waals surface area contributed by atoms with Gasteiger partial charge in [-0.05, 0) is 30.7 Å². The van der Waals surface area contributed by atoms with Crippen LogP contribution < -0.4 is 4.74 Å². The molecule has 2 N–H and O–H groups in total. The molecule has 90 valence electrons. The number of phenols is 1. The van der Waals surface area contributed by atoms with E-state index in [1.807, 2.05) is 0 Å². The molecule has 0 saturated heterocycles. The van der Waals surface area contributed by atoms with Crippen molar-refractivity contribution >= 4 is 17.8 Å². The highest BCUT2D eigenvalue weighted by atomic mass is 16.5. The van der Waals surface area contributed by atoms with E-state index in [2.05, 4.69) is 0 Å². The Morgan fingerprint density at radius 3 is 2.41 bits per heavy atom.